The molecule has 0 aromatic carbocycles. The van der Waals surface area contributed by atoms with E-state index in [-0.39, 0.29) is 30.5 Å². The van der Waals surface area contributed by atoms with E-state index >= 15 is 0 Å². The second kappa shape index (κ2) is 9.38. The first-order valence-corrected chi connectivity index (χ1v) is 8.01. The first kappa shape index (κ1) is 16.5. The first-order chi connectivity index (χ1) is 9.59. The van der Waals surface area contributed by atoms with E-state index in [4.69, 9.17) is 5.11 Å². The molecule has 1 heterocycles. The lowest BCUT2D eigenvalue weighted by atomic mass is 10.3. The van der Waals surface area contributed by atoms with E-state index < -0.39 is 5.97 Å². The fraction of sp³-hybridized carbons (Fsp3) is 0.417. The van der Waals surface area contributed by atoms with Gasteiger partial charge >= 0.3 is 5.97 Å². The molecule has 110 valence electrons. The molecule has 1 aromatic heterocycles. The summed E-state index contributed by atoms with van der Waals surface area (Å²) in [6, 6.07) is 3.51. The molecule has 0 unspecified atom stereocenters. The second-order valence-corrected chi connectivity index (χ2v) is 5.83. The van der Waals surface area contributed by atoms with Crippen LogP contribution in [0, 0.1) is 0 Å². The number of hydrogen-bond donors (Lipinski definition) is 3. The monoisotopic (exact) mass is 316 g/mol. The van der Waals surface area contributed by atoms with Crippen molar-refractivity contribution in [2.45, 2.75) is 6.42 Å². The molecule has 0 atom stereocenters. The van der Waals surface area contributed by atoms with Gasteiger partial charge in [-0.3, -0.25) is 14.4 Å². The Bertz CT molecular complexity index is 448. The molecule has 0 aliphatic carbocycles. The summed E-state index contributed by atoms with van der Waals surface area (Å²) in [4.78, 5) is 33.9. The van der Waals surface area contributed by atoms with Gasteiger partial charge in [-0.25, -0.2) is 0 Å². The summed E-state index contributed by atoms with van der Waals surface area (Å²) in [5, 5.41) is 15.6. The highest BCUT2D eigenvalue weighted by atomic mass is 32.2. The van der Waals surface area contributed by atoms with Crippen molar-refractivity contribution in [2.24, 2.45) is 0 Å². The minimum Gasteiger partial charge on any atom is -0.481 e. The first-order valence-electron chi connectivity index (χ1n) is 5.97. The largest absolute Gasteiger partial charge is 0.481 e. The summed E-state index contributed by atoms with van der Waals surface area (Å²) in [5.41, 5.74) is 0. The number of hydrogen-bond acceptors (Lipinski definition) is 5. The molecule has 8 heteroatoms. The van der Waals surface area contributed by atoms with Crippen LogP contribution in [0.5, 0.6) is 0 Å². The van der Waals surface area contributed by atoms with E-state index in [9.17, 15) is 14.4 Å². The topological polar surface area (TPSA) is 95.5 Å². The Morgan fingerprint density at radius 1 is 1.25 bits per heavy atom. The number of thioether (sulfide) groups is 1. The smallest absolute Gasteiger partial charge is 0.313 e. The molecule has 0 bridgehead atoms. The maximum absolute atomic E-state index is 11.6. The number of carboxylic acids is 1. The molecule has 6 nitrogen and oxygen atoms in total. The van der Waals surface area contributed by atoms with Crippen molar-refractivity contribution in [1.82, 2.24) is 10.6 Å². The average molecular weight is 316 g/mol. The van der Waals surface area contributed by atoms with Crippen LogP contribution >= 0.6 is 23.1 Å². The second-order valence-electron chi connectivity index (χ2n) is 3.78. The molecular formula is C12H16N2O4S2. The lowest BCUT2D eigenvalue weighted by molar-refractivity contribution is -0.133. The molecular weight excluding hydrogens is 300 g/mol. The van der Waals surface area contributed by atoms with E-state index in [1.54, 1.807) is 12.1 Å². The van der Waals surface area contributed by atoms with E-state index in [0.29, 0.717) is 17.2 Å². The van der Waals surface area contributed by atoms with Crippen molar-refractivity contribution in [3.05, 3.63) is 22.4 Å². The van der Waals surface area contributed by atoms with Crippen LogP contribution in [0.2, 0.25) is 0 Å². The van der Waals surface area contributed by atoms with Gasteiger partial charge in [-0.1, -0.05) is 6.07 Å². The van der Waals surface area contributed by atoms with Gasteiger partial charge in [0.05, 0.1) is 10.6 Å². The highest BCUT2D eigenvalue weighted by Gasteiger charge is 2.07. The summed E-state index contributed by atoms with van der Waals surface area (Å²) in [6.07, 6.45) is 0.209. The van der Waals surface area contributed by atoms with Crippen LogP contribution in [0.25, 0.3) is 0 Å². The van der Waals surface area contributed by atoms with Crippen molar-refractivity contribution >= 4 is 40.9 Å². The quantitative estimate of drug-likeness (QED) is 0.586. The lowest BCUT2D eigenvalue weighted by Crippen LogP contribution is -2.31. The Labute approximate surface area is 124 Å². The van der Waals surface area contributed by atoms with Gasteiger partial charge < -0.3 is 15.7 Å². The van der Waals surface area contributed by atoms with Crippen LogP contribution < -0.4 is 10.6 Å². The van der Waals surface area contributed by atoms with Gasteiger partial charge in [0.25, 0.3) is 5.91 Å². The summed E-state index contributed by atoms with van der Waals surface area (Å²) >= 11 is 2.60. The van der Waals surface area contributed by atoms with Crippen LogP contribution in [0.4, 0.5) is 0 Å². The van der Waals surface area contributed by atoms with Gasteiger partial charge in [-0.15, -0.1) is 23.1 Å². The maximum atomic E-state index is 11.6. The van der Waals surface area contributed by atoms with E-state index in [1.807, 2.05) is 5.38 Å². The Kier molecular flexibility index (Phi) is 7.74. The lowest BCUT2D eigenvalue weighted by Gasteiger charge is -2.05. The highest BCUT2D eigenvalue weighted by Crippen LogP contribution is 2.07. The summed E-state index contributed by atoms with van der Waals surface area (Å²) < 4.78 is 0. The number of thiophene rings is 1. The zero-order valence-electron chi connectivity index (χ0n) is 10.8. The normalized spacial score (nSPS) is 10.0. The molecule has 0 spiro atoms. The number of rotatable bonds is 9. The predicted octanol–water partition coefficient (Wildman–Crippen LogP) is 0.802. The third-order valence-electron chi connectivity index (χ3n) is 2.18. The third kappa shape index (κ3) is 7.15. The molecule has 0 radical (unpaired) electrons. The van der Waals surface area contributed by atoms with Gasteiger partial charge in [0, 0.05) is 25.3 Å². The molecule has 0 aliphatic heterocycles. The van der Waals surface area contributed by atoms with Crippen LogP contribution in [-0.2, 0) is 9.59 Å². The summed E-state index contributed by atoms with van der Waals surface area (Å²) in [7, 11) is 0. The highest BCUT2D eigenvalue weighted by molar-refractivity contribution is 7.99. The minimum atomic E-state index is -0.863. The van der Waals surface area contributed by atoms with Crippen molar-refractivity contribution in [2.75, 3.05) is 24.6 Å². The van der Waals surface area contributed by atoms with E-state index in [1.165, 1.54) is 23.1 Å². The van der Waals surface area contributed by atoms with Crippen molar-refractivity contribution in [3.63, 3.8) is 0 Å². The number of carbonyl (C=O) groups is 3. The zero-order valence-corrected chi connectivity index (χ0v) is 12.4. The molecule has 2 amide bonds. The van der Waals surface area contributed by atoms with Crippen LogP contribution in [0.15, 0.2) is 17.5 Å². The molecule has 0 fully saturated rings. The molecule has 1 aromatic rings. The number of carbonyl (C=O) groups excluding carboxylic acids is 2. The van der Waals surface area contributed by atoms with Gasteiger partial charge in [-0.05, 0) is 11.4 Å². The fourth-order valence-corrected chi connectivity index (χ4v) is 2.50. The summed E-state index contributed by atoms with van der Waals surface area (Å²) in [5.74, 6) is -0.610. The summed E-state index contributed by atoms with van der Waals surface area (Å²) in [6.45, 7) is 0.709. The van der Waals surface area contributed by atoms with Crippen molar-refractivity contribution in [1.29, 1.82) is 0 Å². The zero-order chi connectivity index (χ0) is 14.8. The molecule has 0 saturated carbocycles. The van der Waals surface area contributed by atoms with Gasteiger partial charge in [-0.2, -0.15) is 0 Å². The molecule has 0 aliphatic rings. The molecule has 3 N–H and O–H groups in total. The van der Waals surface area contributed by atoms with Crippen LogP contribution in [-0.4, -0.2) is 47.5 Å². The number of amides is 2. The number of carboxylic acid groups (broad SMARTS) is 1. The van der Waals surface area contributed by atoms with Crippen molar-refractivity contribution < 1.29 is 19.5 Å². The number of aliphatic carboxylic acids is 1. The Morgan fingerprint density at radius 2 is 2.05 bits per heavy atom. The van der Waals surface area contributed by atoms with E-state index in [0.717, 1.165) is 0 Å². The molecule has 20 heavy (non-hydrogen) atoms. The van der Waals surface area contributed by atoms with Crippen molar-refractivity contribution in [3.8, 4) is 0 Å². The SMILES string of the molecule is O=C(O)CSCCNC(=O)CCNC(=O)c1cccs1. The standard InChI is InChI=1S/C12H16N2O4S2/c15-10(13-5-7-19-8-11(16)17)3-4-14-12(18)9-2-1-6-20-9/h1-2,6H,3-5,7-8H2,(H,13,15)(H,14,18)(H,16,17). The van der Waals surface area contributed by atoms with E-state index in [2.05, 4.69) is 10.6 Å². The fourth-order valence-electron chi connectivity index (χ4n) is 1.29. The van der Waals surface area contributed by atoms with Gasteiger partial charge in [0.1, 0.15) is 0 Å². The molecule has 1 rings (SSSR count). The predicted molar refractivity (Wildman–Crippen MR) is 79.2 cm³/mol. The Morgan fingerprint density at radius 3 is 2.70 bits per heavy atom. The minimum absolute atomic E-state index is 0.0345. The molecule has 0 saturated heterocycles. The van der Waals surface area contributed by atoms with Crippen LogP contribution in [0.1, 0.15) is 16.1 Å². The maximum Gasteiger partial charge on any atom is 0.313 e. The Balaban J connectivity index is 2.03. The number of nitrogens with one attached hydrogen (secondary N) is 2. The Hall–Kier alpha value is -1.54. The van der Waals surface area contributed by atoms with Gasteiger partial charge in [0.15, 0.2) is 0 Å². The third-order valence-corrected chi connectivity index (χ3v) is 3.99. The van der Waals surface area contributed by atoms with Gasteiger partial charge in [0.2, 0.25) is 5.91 Å². The van der Waals surface area contributed by atoms with Crippen LogP contribution in [0.3, 0.4) is 0 Å². The average Bonchev–Trinajstić information content (AvgIpc) is 2.91.